The Balaban J connectivity index is 1.63. The van der Waals surface area contributed by atoms with Gasteiger partial charge in [-0.15, -0.1) is 0 Å². The standard InChI is InChI=1S/C23H18N2O3S/c1-27-21-14-17(25-23(29)24-16-8-3-2-4-9-16)11-12-18(21)19-13-15-7-5-6-10-20(15)28-22(19)26/h2-14H,1H3,(H2,24,25,29). The Kier molecular flexibility index (Phi) is 5.27. The number of anilines is 2. The van der Waals surface area contributed by atoms with Crippen molar-refractivity contribution in [3.63, 3.8) is 0 Å². The fraction of sp³-hybridized carbons (Fsp3) is 0.0435. The van der Waals surface area contributed by atoms with Crippen LogP contribution in [0.15, 0.2) is 88.1 Å². The maximum atomic E-state index is 12.5. The third-order valence-electron chi connectivity index (χ3n) is 4.42. The van der Waals surface area contributed by atoms with E-state index in [9.17, 15) is 4.79 Å². The highest BCUT2D eigenvalue weighted by Crippen LogP contribution is 2.32. The molecule has 2 N–H and O–H groups in total. The van der Waals surface area contributed by atoms with Gasteiger partial charge < -0.3 is 19.8 Å². The molecule has 0 aliphatic rings. The smallest absolute Gasteiger partial charge is 0.344 e. The summed E-state index contributed by atoms with van der Waals surface area (Å²) in [6, 6.07) is 24.3. The summed E-state index contributed by atoms with van der Waals surface area (Å²) in [5, 5.41) is 7.55. The molecule has 0 unspecified atom stereocenters. The van der Waals surface area contributed by atoms with Crippen molar-refractivity contribution in [1.29, 1.82) is 0 Å². The van der Waals surface area contributed by atoms with Crippen molar-refractivity contribution in [1.82, 2.24) is 0 Å². The number of para-hydroxylation sites is 2. The molecule has 0 saturated heterocycles. The van der Waals surface area contributed by atoms with Gasteiger partial charge in [-0.2, -0.15) is 0 Å². The lowest BCUT2D eigenvalue weighted by atomic mass is 10.0. The van der Waals surface area contributed by atoms with E-state index < -0.39 is 5.63 Å². The largest absolute Gasteiger partial charge is 0.496 e. The summed E-state index contributed by atoms with van der Waals surface area (Å²) < 4.78 is 11.0. The first-order valence-electron chi connectivity index (χ1n) is 8.98. The number of thiocarbonyl (C=S) groups is 1. The molecule has 4 rings (SSSR count). The number of fused-ring (bicyclic) bond motifs is 1. The molecule has 1 aromatic heterocycles. The second kappa shape index (κ2) is 8.16. The molecule has 144 valence electrons. The zero-order valence-corrected chi connectivity index (χ0v) is 16.5. The normalized spacial score (nSPS) is 10.5. The molecule has 0 radical (unpaired) electrons. The zero-order valence-electron chi connectivity index (χ0n) is 15.6. The van der Waals surface area contributed by atoms with E-state index in [0.717, 1.165) is 16.8 Å². The lowest BCUT2D eigenvalue weighted by Gasteiger charge is -2.14. The molecule has 0 saturated carbocycles. The van der Waals surface area contributed by atoms with E-state index in [1.165, 1.54) is 0 Å². The highest BCUT2D eigenvalue weighted by atomic mass is 32.1. The quantitative estimate of drug-likeness (QED) is 0.358. The van der Waals surface area contributed by atoms with Gasteiger partial charge in [-0.05, 0) is 48.6 Å². The average Bonchev–Trinajstić information content (AvgIpc) is 2.74. The van der Waals surface area contributed by atoms with Crippen molar-refractivity contribution in [2.45, 2.75) is 0 Å². The van der Waals surface area contributed by atoms with Gasteiger partial charge in [-0.25, -0.2) is 4.79 Å². The number of benzene rings is 3. The van der Waals surface area contributed by atoms with Crippen molar-refractivity contribution in [2.24, 2.45) is 0 Å². The van der Waals surface area contributed by atoms with Gasteiger partial charge in [0.1, 0.15) is 11.3 Å². The van der Waals surface area contributed by atoms with E-state index in [1.807, 2.05) is 66.7 Å². The van der Waals surface area contributed by atoms with E-state index in [4.69, 9.17) is 21.4 Å². The minimum absolute atomic E-state index is 0.413. The first-order valence-corrected chi connectivity index (χ1v) is 9.39. The van der Waals surface area contributed by atoms with E-state index in [1.54, 1.807) is 19.2 Å². The van der Waals surface area contributed by atoms with Crippen LogP contribution in [0.25, 0.3) is 22.1 Å². The van der Waals surface area contributed by atoms with Gasteiger partial charge in [0, 0.05) is 28.4 Å². The van der Waals surface area contributed by atoms with Crippen molar-refractivity contribution in [3.8, 4) is 16.9 Å². The number of hydrogen-bond donors (Lipinski definition) is 2. The fourth-order valence-corrected chi connectivity index (χ4v) is 3.29. The predicted molar refractivity (Wildman–Crippen MR) is 121 cm³/mol. The lowest BCUT2D eigenvalue weighted by molar-refractivity contribution is 0.416. The Morgan fingerprint density at radius 2 is 1.59 bits per heavy atom. The minimum atomic E-state index is -0.413. The van der Waals surface area contributed by atoms with Crippen molar-refractivity contribution in [2.75, 3.05) is 17.7 Å². The van der Waals surface area contributed by atoms with Gasteiger partial charge in [0.15, 0.2) is 5.11 Å². The van der Waals surface area contributed by atoms with E-state index in [2.05, 4.69) is 10.6 Å². The molecule has 0 amide bonds. The van der Waals surface area contributed by atoms with Crippen LogP contribution in [-0.2, 0) is 0 Å². The van der Waals surface area contributed by atoms with Crippen molar-refractivity contribution < 1.29 is 9.15 Å². The molecule has 4 aromatic rings. The molecule has 6 heteroatoms. The third-order valence-corrected chi connectivity index (χ3v) is 4.63. The summed E-state index contributed by atoms with van der Waals surface area (Å²) in [7, 11) is 1.56. The number of methoxy groups -OCH3 is 1. The first-order chi connectivity index (χ1) is 14.1. The van der Waals surface area contributed by atoms with E-state index >= 15 is 0 Å². The summed E-state index contributed by atoms with van der Waals surface area (Å²) in [5.41, 5.74) is 2.86. The van der Waals surface area contributed by atoms with E-state index in [0.29, 0.717) is 27.6 Å². The Morgan fingerprint density at radius 1 is 0.862 bits per heavy atom. The molecule has 5 nitrogen and oxygen atoms in total. The molecule has 29 heavy (non-hydrogen) atoms. The summed E-state index contributed by atoms with van der Waals surface area (Å²) >= 11 is 5.37. The second-order valence-corrected chi connectivity index (χ2v) is 6.75. The molecule has 0 fully saturated rings. The Bertz CT molecular complexity index is 1240. The van der Waals surface area contributed by atoms with Crippen molar-refractivity contribution >= 4 is 39.7 Å². The predicted octanol–water partition coefficient (Wildman–Crippen LogP) is 5.28. The zero-order chi connectivity index (χ0) is 20.2. The summed E-state index contributed by atoms with van der Waals surface area (Å²) in [6.45, 7) is 0. The second-order valence-electron chi connectivity index (χ2n) is 6.35. The Hall–Kier alpha value is -3.64. The Morgan fingerprint density at radius 3 is 2.38 bits per heavy atom. The number of ether oxygens (including phenoxy) is 1. The van der Waals surface area contributed by atoms with Gasteiger partial charge >= 0.3 is 5.63 Å². The van der Waals surface area contributed by atoms with E-state index in [-0.39, 0.29) is 0 Å². The first kappa shape index (κ1) is 18.7. The monoisotopic (exact) mass is 402 g/mol. The summed E-state index contributed by atoms with van der Waals surface area (Å²) in [5.74, 6) is 0.542. The van der Waals surface area contributed by atoms with Gasteiger partial charge in [-0.1, -0.05) is 36.4 Å². The van der Waals surface area contributed by atoms with Crippen LogP contribution in [0.3, 0.4) is 0 Å². The third kappa shape index (κ3) is 4.12. The van der Waals surface area contributed by atoms with Crippen LogP contribution in [0.4, 0.5) is 11.4 Å². The molecule has 0 atom stereocenters. The minimum Gasteiger partial charge on any atom is -0.496 e. The highest BCUT2D eigenvalue weighted by Gasteiger charge is 2.13. The number of nitrogens with one attached hydrogen (secondary N) is 2. The van der Waals surface area contributed by atoms with Gasteiger partial charge in [0.2, 0.25) is 0 Å². The molecule has 0 aliphatic carbocycles. The van der Waals surface area contributed by atoms with Gasteiger partial charge in [-0.3, -0.25) is 0 Å². The fourth-order valence-electron chi connectivity index (χ4n) is 3.06. The molecule has 1 heterocycles. The summed E-state index contributed by atoms with van der Waals surface area (Å²) in [4.78, 5) is 12.5. The highest BCUT2D eigenvalue weighted by molar-refractivity contribution is 7.80. The molecular weight excluding hydrogens is 384 g/mol. The SMILES string of the molecule is COc1cc(NC(=S)Nc2ccccc2)ccc1-c1cc2ccccc2oc1=O. The molecule has 0 aliphatic heterocycles. The molecular formula is C23H18N2O3S. The van der Waals surface area contributed by atoms with Gasteiger partial charge in [0.05, 0.1) is 12.7 Å². The lowest BCUT2D eigenvalue weighted by Crippen LogP contribution is -2.19. The van der Waals surface area contributed by atoms with Crippen LogP contribution in [0.5, 0.6) is 5.75 Å². The Labute approximate surface area is 172 Å². The van der Waals surface area contributed by atoms with Crippen LogP contribution < -0.4 is 21.0 Å². The number of hydrogen-bond acceptors (Lipinski definition) is 4. The molecule has 0 spiro atoms. The number of rotatable bonds is 4. The maximum Gasteiger partial charge on any atom is 0.344 e. The van der Waals surface area contributed by atoms with Crippen LogP contribution in [0.2, 0.25) is 0 Å². The maximum absolute atomic E-state index is 12.5. The molecule has 0 bridgehead atoms. The van der Waals surface area contributed by atoms with Crippen LogP contribution >= 0.6 is 12.2 Å². The van der Waals surface area contributed by atoms with Gasteiger partial charge in [0.25, 0.3) is 0 Å². The van der Waals surface area contributed by atoms with Crippen LogP contribution in [0, 0.1) is 0 Å². The van der Waals surface area contributed by atoms with Crippen LogP contribution in [-0.4, -0.2) is 12.2 Å². The topological polar surface area (TPSA) is 63.5 Å². The molecule has 3 aromatic carbocycles. The summed E-state index contributed by atoms with van der Waals surface area (Å²) in [6.07, 6.45) is 0. The van der Waals surface area contributed by atoms with Crippen LogP contribution in [0.1, 0.15) is 0 Å². The van der Waals surface area contributed by atoms with Crippen molar-refractivity contribution in [3.05, 3.63) is 89.3 Å². The average molecular weight is 402 g/mol.